The minimum atomic E-state index is -2.85. The molecule has 0 spiro atoms. The predicted octanol–water partition coefficient (Wildman–Crippen LogP) is 4.80. The smallest absolute Gasteiger partial charge is 0.274 e. The SMILES string of the molecule is CC(F)c1cccc([C@@H](C)Nc2nn(C)c(=O)c3cc(=O)n([C@H]4CCC(F)(F)C4)cc23)c1F. The fourth-order valence-corrected chi connectivity index (χ4v) is 4.39. The van der Waals surface area contributed by atoms with Gasteiger partial charge in [-0.15, -0.1) is 0 Å². The second-order valence-electron chi connectivity index (χ2n) is 8.61. The fraction of sp³-hybridized carbons (Fsp3) is 0.435. The van der Waals surface area contributed by atoms with E-state index in [1.807, 2.05) is 0 Å². The van der Waals surface area contributed by atoms with Crippen LogP contribution in [0.5, 0.6) is 0 Å². The van der Waals surface area contributed by atoms with Crippen molar-refractivity contribution in [2.75, 3.05) is 5.32 Å². The maximum Gasteiger partial charge on any atom is 0.274 e. The number of pyridine rings is 1. The Balaban J connectivity index is 1.80. The maximum absolute atomic E-state index is 14.9. The van der Waals surface area contributed by atoms with E-state index in [4.69, 9.17) is 0 Å². The van der Waals surface area contributed by atoms with Gasteiger partial charge in [0.1, 0.15) is 12.0 Å². The second kappa shape index (κ2) is 8.31. The molecule has 1 aliphatic rings. The third-order valence-electron chi connectivity index (χ3n) is 6.19. The molecule has 2 aromatic heterocycles. The minimum Gasteiger partial charge on any atom is -0.361 e. The second-order valence-corrected chi connectivity index (χ2v) is 8.61. The van der Waals surface area contributed by atoms with E-state index in [1.54, 1.807) is 13.0 Å². The molecule has 1 aliphatic carbocycles. The lowest BCUT2D eigenvalue weighted by Crippen LogP contribution is -2.28. The molecule has 6 nitrogen and oxygen atoms in total. The van der Waals surface area contributed by atoms with E-state index in [0.717, 1.165) is 10.7 Å². The van der Waals surface area contributed by atoms with Crippen molar-refractivity contribution >= 4 is 16.6 Å². The van der Waals surface area contributed by atoms with Gasteiger partial charge in [0.25, 0.3) is 11.1 Å². The molecule has 0 saturated heterocycles. The number of nitrogens with zero attached hydrogens (tertiary/aromatic N) is 3. The van der Waals surface area contributed by atoms with E-state index < -0.39 is 47.5 Å². The molecule has 2 heterocycles. The largest absolute Gasteiger partial charge is 0.361 e. The summed E-state index contributed by atoms with van der Waals surface area (Å²) >= 11 is 0. The average molecular weight is 464 g/mol. The highest BCUT2D eigenvalue weighted by Crippen LogP contribution is 2.41. The average Bonchev–Trinajstić information content (AvgIpc) is 3.10. The molecular formula is C23H24F4N4O2. The molecule has 0 radical (unpaired) electrons. The van der Waals surface area contributed by atoms with Gasteiger partial charge in [0.15, 0.2) is 5.82 Å². The molecule has 33 heavy (non-hydrogen) atoms. The summed E-state index contributed by atoms with van der Waals surface area (Å²) in [5.74, 6) is -3.36. The Kier molecular flexibility index (Phi) is 5.79. The normalized spacial score (nSPS) is 19.5. The number of rotatable bonds is 5. The summed E-state index contributed by atoms with van der Waals surface area (Å²) in [4.78, 5) is 25.2. The van der Waals surface area contributed by atoms with Gasteiger partial charge in [-0.05, 0) is 20.3 Å². The molecule has 10 heteroatoms. The third kappa shape index (κ3) is 4.26. The quantitative estimate of drug-likeness (QED) is 0.551. The van der Waals surface area contributed by atoms with Gasteiger partial charge < -0.3 is 9.88 Å². The Morgan fingerprint density at radius 2 is 1.88 bits per heavy atom. The van der Waals surface area contributed by atoms with Crippen LogP contribution in [0.2, 0.25) is 0 Å². The molecule has 176 valence electrons. The molecule has 0 aliphatic heterocycles. The van der Waals surface area contributed by atoms with Gasteiger partial charge in [-0.1, -0.05) is 18.2 Å². The van der Waals surface area contributed by atoms with Crippen LogP contribution in [0.15, 0.2) is 40.1 Å². The maximum atomic E-state index is 14.9. The summed E-state index contributed by atoms with van der Waals surface area (Å²) in [6, 6.07) is 4.18. The van der Waals surface area contributed by atoms with E-state index >= 15 is 0 Å². The number of halogens is 4. The first kappa shape index (κ1) is 23.0. The van der Waals surface area contributed by atoms with Crippen LogP contribution in [0.3, 0.4) is 0 Å². The highest BCUT2D eigenvalue weighted by atomic mass is 19.3. The van der Waals surface area contributed by atoms with Gasteiger partial charge in [-0.2, -0.15) is 5.10 Å². The summed E-state index contributed by atoms with van der Waals surface area (Å²) in [6.07, 6.45) is -0.775. The molecule has 0 bridgehead atoms. The number of fused-ring (bicyclic) bond motifs is 1. The van der Waals surface area contributed by atoms with E-state index in [-0.39, 0.29) is 40.6 Å². The number of hydrogen-bond donors (Lipinski definition) is 1. The zero-order valence-electron chi connectivity index (χ0n) is 18.4. The van der Waals surface area contributed by atoms with Crippen LogP contribution in [0.25, 0.3) is 10.8 Å². The number of hydrogen-bond acceptors (Lipinski definition) is 4. The van der Waals surface area contributed by atoms with Crippen LogP contribution in [-0.4, -0.2) is 20.3 Å². The molecule has 1 N–H and O–H groups in total. The number of nitrogens with one attached hydrogen (secondary N) is 1. The van der Waals surface area contributed by atoms with Gasteiger partial charge in [0.05, 0.1) is 11.4 Å². The first-order valence-electron chi connectivity index (χ1n) is 10.7. The standard InChI is InChI=1S/C23H24F4N4O2/c1-12(24)15-5-4-6-16(20(15)25)13(2)28-21-18-11-31(14-7-8-23(26,27)10-14)19(32)9-17(18)22(33)30(3)29-21/h4-6,9,11-14H,7-8,10H2,1-3H3,(H,28,29)/t12?,13-,14+/m1/s1. The molecule has 3 atom stereocenters. The van der Waals surface area contributed by atoms with Gasteiger partial charge in [-0.25, -0.2) is 22.2 Å². The van der Waals surface area contributed by atoms with E-state index in [1.165, 1.54) is 36.9 Å². The number of anilines is 1. The summed E-state index contributed by atoms with van der Waals surface area (Å²) < 4.78 is 58.4. The molecule has 1 unspecified atom stereocenters. The van der Waals surface area contributed by atoms with Crippen molar-refractivity contribution in [3.8, 4) is 0 Å². The fourth-order valence-electron chi connectivity index (χ4n) is 4.39. The summed E-state index contributed by atoms with van der Waals surface area (Å²) in [5, 5.41) is 7.57. The number of alkyl halides is 3. The van der Waals surface area contributed by atoms with Gasteiger partial charge in [-0.3, -0.25) is 9.59 Å². The van der Waals surface area contributed by atoms with Crippen molar-refractivity contribution < 1.29 is 17.6 Å². The first-order chi connectivity index (χ1) is 15.5. The Bertz CT molecular complexity index is 1330. The van der Waals surface area contributed by atoms with Crippen LogP contribution >= 0.6 is 0 Å². The van der Waals surface area contributed by atoms with Crippen LogP contribution in [0.4, 0.5) is 23.4 Å². The van der Waals surface area contributed by atoms with E-state index in [2.05, 4.69) is 10.4 Å². The molecular weight excluding hydrogens is 440 g/mol. The highest BCUT2D eigenvalue weighted by Gasteiger charge is 2.40. The summed E-state index contributed by atoms with van der Waals surface area (Å²) in [6.45, 7) is 2.89. The Morgan fingerprint density at radius 3 is 2.52 bits per heavy atom. The van der Waals surface area contributed by atoms with Crippen LogP contribution in [0, 0.1) is 5.82 Å². The number of aromatic nitrogens is 3. The monoisotopic (exact) mass is 464 g/mol. The highest BCUT2D eigenvalue weighted by molar-refractivity contribution is 5.90. The van der Waals surface area contributed by atoms with Crippen LogP contribution in [0.1, 0.15) is 62.5 Å². The van der Waals surface area contributed by atoms with Crippen molar-refractivity contribution in [1.82, 2.24) is 14.3 Å². The lowest BCUT2D eigenvalue weighted by atomic mass is 10.0. The van der Waals surface area contributed by atoms with Gasteiger partial charge in [0.2, 0.25) is 5.92 Å². The molecule has 1 saturated carbocycles. The summed E-state index contributed by atoms with van der Waals surface area (Å²) in [7, 11) is 1.41. The van der Waals surface area contributed by atoms with Crippen molar-refractivity contribution in [3.05, 3.63) is 68.1 Å². The number of aryl methyl sites for hydroxylation is 1. The molecule has 0 amide bonds. The lowest BCUT2D eigenvalue weighted by molar-refractivity contribution is 0.00553. The molecule has 1 aromatic carbocycles. The first-order valence-corrected chi connectivity index (χ1v) is 10.7. The zero-order chi connectivity index (χ0) is 24.1. The van der Waals surface area contributed by atoms with E-state index in [9.17, 15) is 27.2 Å². The molecule has 3 aromatic rings. The predicted molar refractivity (Wildman–Crippen MR) is 117 cm³/mol. The van der Waals surface area contributed by atoms with Crippen molar-refractivity contribution in [3.63, 3.8) is 0 Å². The topological polar surface area (TPSA) is 68.9 Å². The van der Waals surface area contributed by atoms with E-state index in [0.29, 0.717) is 0 Å². The lowest BCUT2D eigenvalue weighted by Gasteiger charge is -2.20. The van der Waals surface area contributed by atoms with Crippen LogP contribution in [-0.2, 0) is 7.05 Å². The van der Waals surface area contributed by atoms with Crippen molar-refractivity contribution in [2.45, 2.75) is 57.3 Å². The van der Waals surface area contributed by atoms with Crippen molar-refractivity contribution in [2.24, 2.45) is 7.05 Å². The summed E-state index contributed by atoms with van der Waals surface area (Å²) in [5.41, 5.74) is -0.952. The van der Waals surface area contributed by atoms with Crippen molar-refractivity contribution in [1.29, 1.82) is 0 Å². The third-order valence-corrected chi connectivity index (χ3v) is 6.19. The molecule has 1 fully saturated rings. The Morgan fingerprint density at radius 1 is 1.18 bits per heavy atom. The zero-order valence-corrected chi connectivity index (χ0v) is 18.4. The van der Waals surface area contributed by atoms with Crippen LogP contribution < -0.4 is 16.4 Å². The van der Waals surface area contributed by atoms with Gasteiger partial charge in [0, 0.05) is 54.7 Å². The minimum absolute atomic E-state index is 0.0693. The Labute approximate surface area is 186 Å². The van der Waals surface area contributed by atoms with Gasteiger partial charge >= 0.3 is 0 Å². The number of benzene rings is 1. The Hall–Kier alpha value is -3.17. The molecule has 4 rings (SSSR count).